The molecule has 176 valence electrons. The predicted molar refractivity (Wildman–Crippen MR) is 135 cm³/mol. The Kier molecular flexibility index (Phi) is 8.82. The van der Waals surface area contributed by atoms with Crippen molar-refractivity contribution in [3.05, 3.63) is 100 Å². The van der Waals surface area contributed by atoms with E-state index < -0.39 is 11.9 Å². The molecule has 6 nitrogen and oxygen atoms in total. The summed E-state index contributed by atoms with van der Waals surface area (Å²) in [5.74, 6) is -0.201. The molecule has 1 unspecified atom stereocenters. The normalized spacial score (nSPS) is 11.9. The van der Waals surface area contributed by atoms with Gasteiger partial charge in [0.2, 0.25) is 0 Å². The van der Waals surface area contributed by atoms with E-state index in [0.29, 0.717) is 28.5 Å². The Balaban J connectivity index is 1.61. The van der Waals surface area contributed by atoms with Gasteiger partial charge in [-0.25, -0.2) is 5.43 Å². The molecule has 2 amide bonds. The van der Waals surface area contributed by atoms with Crippen LogP contribution in [0.4, 0.5) is 0 Å². The van der Waals surface area contributed by atoms with E-state index in [1.165, 1.54) is 6.21 Å². The SMILES string of the molecule is Cc1ccc(C(=O)NC(C(=O)NN=Cc2ccccc2OCc2ccc(Cl)cc2)C(C)C)cc1. The van der Waals surface area contributed by atoms with Crippen molar-refractivity contribution in [1.29, 1.82) is 0 Å². The molecule has 3 rings (SSSR count). The first-order valence-corrected chi connectivity index (χ1v) is 11.4. The highest BCUT2D eigenvalue weighted by atomic mass is 35.5. The van der Waals surface area contributed by atoms with E-state index in [1.807, 2.05) is 81.4 Å². The minimum Gasteiger partial charge on any atom is -0.488 e. The fourth-order valence-corrected chi connectivity index (χ4v) is 3.29. The van der Waals surface area contributed by atoms with Crippen LogP contribution in [0, 0.1) is 12.8 Å². The van der Waals surface area contributed by atoms with E-state index in [4.69, 9.17) is 16.3 Å². The molecule has 0 aliphatic carbocycles. The Morgan fingerprint density at radius 1 is 1.00 bits per heavy atom. The van der Waals surface area contributed by atoms with E-state index in [0.717, 1.165) is 11.1 Å². The predicted octanol–water partition coefficient (Wildman–Crippen LogP) is 5.13. The average Bonchev–Trinajstić information content (AvgIpc) is 2.83. The number of benzene rings is 3. The topological polar surface area (TPSA) is 79.8 Å². The lowest BCUT2D eigenvalue weighted by atomic mass is 10.0. The highest BCUT2D eigenvalue weighted by Gasteiger charge is 2.24. The fraction of sp³-hybridized carbons (Fsp3) is 0.222. The van der Waals surface area contributed by atoms with Crippen LogP contribution in [0.1, 0.15) is 40.9 Å². The van der Waals surface area contributed by atoms with Crippen molar-refractivity contribution in [2.75, 3.05) is 0 Å². The van der Waals surface area contributed by atoms with Crippen LogP contribution < -0.4 is 15.5 Å². The molecular weight excluding hydrogens is 450 g/mol. The molecule has 0 aliphatic heterocycles. The van der Waals surface area contributed by atoms with Crippen LogP contribution in [0.3, 0.4) is 0 Å². The molecule has 1 atom stereocenters. The molecule has 0 saturated carbocycles. The minimum atomic E-state index is -0.734. The lowest BCUT2D eigenvalue weighted by Crippen LogP contribution is -2.48. The van der Waals surface area contributed by atoms with Crippen molar-refractivity contribution in [2.45, 2.75) is 33.4 Å². The second-order valence-electron chi connectivity index (χ2n) is 8.25. The molecule has 2 N–H and O–H groups in total. The van der Waals surface area contributed by atoms with Crippen LogP contribution in [0.25, 0.3) is 0 Å². The van der Waals surface area contributed by atoms with Crippen molar-refractivity contribution in [3.8, 4) is 5.75 Å². The molecule has 0 radical (unpaired) electrons. The summed E-state index contributed by atoms with van der Waals surface area (Å²) in [7, 11) is 0. The Labute approximate surface area is 205 Å². The van der Waals surface area contributed by atoms with Crippen molar-refractivity contribution in [1.82, 2.24) is 10.7 Å². The van der Waals surface area contributed by atoms with Crippen LogP contribution in [-0.2, 0) is 11.4 Å². The first kappa shape index (κ1) is 25.0. The third-order valence-corrected chi connectivity index (χ3v) is 5.41. The first-order valence-electron chi connectivity index (χ1n) is 11.0. The summed E-state index contributed by atoms with van der Waals surface area (Å²) >= 11 is 5.93. The van der Waals surface area contributed by atoms with Crippen LogP contribution in [-0.4, -0.2) is 24.1 Å². The number of aryl methyl sites for hydroxylation is 1. The maximum atomic E-state index is 12.7. The van der Waals surface area contributed by atoms with Gasteiger partial charge in [-0.2, -0.15) is 5.10 Å². The van der Waals surface area contributed by atoms with Gasteiger partial charge in [-0.15, -0.1) is 0 Å². The van der Waals surface area contributed by atoms with Crippen molar-refractivity contribution >= 4 is 29.6 Å². The van der Waals surface area contributed by atoms with E-state index >= 15 is 0 Å². The maximum absolute atomic E-state index is 12.7. The molecule has 0 saturated heterocycles. The largest absolute Gasteiger partial charge is 0.488 e. The zero-order chi connectivity index (χ0) is 24.5. The molecular formula is C27H28ClN3O3. The van der Waals surface area contributed by atoms with Gasteiger partial charge in [0.25, 0.3) is 11.8 Å². The van der Waals surface area contributed by atoms with Gasteiger partial charge >= 0.3 is 0 Å². The van der Waals surface area contributed by atoms with Crippen LogP contribution >= 0.6 is 11.6 Å². The fourth-order valence-electron chi connectivity index (χ4n) is 3.16. The summed E-state index contributed by atoms with van der Waals surface area (Å²) in [5.41, 5.74) is 5.78. The van der Waals surface area contributed by atoms with Gasteiger partial charge in [-0.1, -0.05) is 67.4 Å². The van der Waals surface area contributed by atoms with Gasteiger partial charge < -0.3 is 10.1 Å². The lowest BCUT2D eigenvalue weighted by Gasteiger charge is -2.20. The third kappa shape index (κ3) is 7.18. The third-order valence-electron chi connectivity index (χ3n) is 5.15. The van der Waals surface area contributed by atoms with Crippen molar-refractivity contribution in [3.63, 3.8) is 0 Å². The molecule has 7 heteroatoms. The monoisotopic (exact) mass is 477 g/mol. The second kappa shape index (κ2) is 12.0. The standard InChI is InChI=1S/C27H28ClN3O3/c1-18(2)25(30-26(32)21-12-8-19(3)9-13-21)27(33)31-29-16-22-6-4-5-7-24(22)34-17-20-10-14-23(28)15-11-20/h4-16,18,25H,17H2,1-3H3,(H,30,32)(H,31,33). The Morgan fingerprint density at radius 3 is 2.35 bits per heavy atom. The molecule has 0 spiro atoms. The number of halogens is 1. The van der Waals surface area contributed by atoms with E-state index in [9.17, 15) is 9.59 Å². The molecule has 0 aliphatic rings. The first-order chi connectivity index (χ1) is 16.3. The summed E-state index contributed by atoms with van der Waals surface area (Å²) in [5, 5.41) is 7.55. The Bertz CT molecular complexity index is 1140. The summed E-state index contributed by atoms with van der Waals surface area (Å²) in [6.07, 6.45) is 1.52. The number of nitrogens with zero attached hydrogens (tertiary/aromatic N) is 1. The lowest BCUT2D eigenvalue weighted by molar-refractivity contribution is -0.123. The highest BCUT2D eigenvalue weighted by Crippen LogP contribution is 2.18. The van der Waals surface area contributed by atoms with Gasteiger partial charge in [0, 0.05) is 16.1 Å². The van der Waals surface area contributed by atoms with Crippen molar-refractivity contribution < 1.29 is 14.3 Å². The number of amides is 2. The minimum absolute atomic E-state index is 0.125. The molecule has 0 fully saturated rings. The number of carbonyl (C=O) groups is 2. The van der Waals surface area contributed by atoms with E-state index in [-0.39, 0.29) is 11.8 Å². The number of rotatable bonds is 9. The van der Waals surface area contributed by atoms with Crippen LogP contribution in [0.15, 0.2) is 77.9 Å². The number of hydrogen-bond donors (Lipinski definition) is 2. The second-order valence-corrected chi connectivity index (χ2v) is 8.68. The maximum Gasteiger partial charge on any atom is 0.262 e. The quantitative estimate of drug-likeness (QED) is 0.331. The zero-order valence-electron chi connectivity index (χ0n) is 19.4. The Morgan fingerprint density at radius 2 is 1.68 bits per heavy atom. The van der Waals surface area contributed by atoms with Gasteiger partial charge in [0.1, 0.15) is 18.4 Å². The van der Waals surface area contributed by atoms with Crippen molar-refractivity contribution in [2.24, 2.45) is 11.0 Å². The number of nitrogens with one attached hydrogen (secondary N) is 2. The molecule has 34 heavy (non-hydrogen) atoms. The summed E-state index contributed by atoms with van der Waals surface area (Å²) in [6, 6.07) is 21.3. The highest BCUT2D eigenvalue weighted by molar-refractivity contribution is 6.30. The molecule has 0 aromatic heterocycles. The van der Waals surface area contributed by atoms with E-state index in [1.54, 1.807) is 12.1 Å². The number of carbonyl (C=O) groups excluding carboxylic acids is 2. The summed E-state index contributed by atoms with van der Waals surface area (Å²) < 4.78 is 5.91. The number of ether oxygens (including phenoxy) is 1. The molecule has 3 aromatic carbocycles. The number of para-hydroxylation sites is 1. The van der Waals surface area contributed by atoms with Gasteiger partial charge in [0.15, 0.2) is 0 Å². The molecule has 0 bridgehead atoms. The van der Waals surface area contributed by atoms with Gasteiger partial charge in [-0.05, 0) is 54.8 Å². The molecule has 3 aromatic rings. The van der Waals surface area contributed by atoms with Gasteiger partial charge in [-0.3, -0.25) is 9.59 Å². The summed E-state index contributed by atoms with van der Waals surface area (Å²) in [6.45, 7) is 6.05. The zero-order valence-corrected chi connectivity index (χ0v) is 20.2. The smallest absolute Gasteiger partial charge is 0.262 e. The summed E-state index contributed by atoms with van der Waals surface area (Å²) in [4.78, 5) is 25.3. The van der Waals surface area contributed by atoms with Crippen LogP contribution in [0.5, 0.6) is 5.75 Å². The van der Waals surface area contributed by atoms with Gasteiger partial charge in [0.05, 0.1) is 6.21 Å². The van der Waals surface area contributed by atoms with Crippen LogP contribution in [0.2, 0.25) is 5.02 Å². The Hall–Kier alpha value is -3.64. The van der Waals surface area contributed by atoms with E-state index in [2.05, 4.69) is 15.8 Å². The number of hydrazone groups is 1. The average molecular weight is 478 g/mol. The molecule has 0 heterocycles. The number of hydrogen-bond acceptors (Lipinski definition) is 4.